The number of rotatable bonds is 3. The van der Waals surface area contributed by atoms with E-state index in [0.29, 0.717) is 37.6 Å². The van der Waals surface area contributed by atoms with E-state index in [-0.39, 0.29) is 11.3 Å². The summed E-state index contributed by atoms with van der Waals surface area (Å²) in [5, 5.41) is 3.30. The first-order valence-corrected chi connectivity index (χ1v) is 9.93. The lowest BCUT2D eigenvalue weighted by molar-refractivity contribution is -0.143. The van der Waals surface area contributed by atoms with E-state index >= 15 is 0 Å². The van der Waals surface area contributed by atoms with Crippen LogP contribution in [0.3, 0.4) is 0 Å². The maximum atomic E-state index is 12.8. The molecule has 2 aliphatic rings. The number of piperazine rings is 1. The van der Waals surface area contributed by atoms with Crippen LogP contribution in [0.1, 0.15) is 19.8 Å². The van der Waals surface area contributed by atoms with Crippen LogP contribution in [0.2, 0.25) is 0 Å². The molecule has 2 heterocycles. The molecule has 1 aromatic rings. The van der Waals surface area contributed by atoms with Crippen molar-refractivity contribution in [1.82, 2.24) is 14.5 Å². The van der Waals surface area contributed by atoms with Crippen LogP contribution < -0.4 is 5.32 Å². The van der Waals surface area contributed by atoms with Gasteiger partial charge in [-0.15, -0.1) is 0 Å². The summed E-state index contributed by atoms with van der Waals surface area (Å²) in [4.78, 5) is 15.0. The van der Waals surface area contributed by atoms with E-state index in [4.69, 9.17) is 0 Å². The number of nitrogens with one attached hydrogen (secondary N) is 1. The predicted molar refractivity (Wildman–Crippen MR) is 92.0 cm³/mol. The largest absolute Gasteiger partial charge is 0.340 e. The Hall–Kier alpha value is -1.44. The topological polar surface area (TPSA) is 69.7 Å². The zero-order valence-corrected chi connectivity index (χ0v) is 14.9. The van der Waals surface area contributed by atoms with Crippen LogP contribution in [0.15, 0.2) is 35.2 Å². The van der Waals surface area contributed by atoms with Gasteiger partial charge in [0.05, 0.1) is 10.3 Å². The van der Waals surface area contributed by atoms with E-state index in [2.05, 4.69) is 5.32 Å². The van der Waals surface area contributed by atoms with Gasteiger partial charge >= 0.3 is 0 Å². The number of benzene rings is 1. The van der Waals surface area contributed by atoms with E-state index in [0.717, 1.165) is 19.4 Å². The lowest BCUT2D eigenvalue weighted by Gasteiger charge is -2.41. The van der Waals surface area contributed by atoms with Crippen molar-refractivity contribution in [2.45, 2.75) is 24.7 Å². The van der Waals surface area contributed by atoms with E-state index in [9.17, 15) is 13.2 Å². The fourth-order valence-electron chi connectivity index (χ4n) is 3.49. The van der Waals surface area contributed by atoms with Crippen molar-refractivity contribution in [1.29, 1.82) is 0 Å². The molecule has 1 aromatic carbocycles. The molecule has 0 bridgehead atoms. The number of nitrogens with zero attached hydrogens (tertiary/aromatic N) is 2. The van der Waals surface area contributed by atoms with Gasteiger partial charge in [0.1, 0.15) is 0 Å². The summed E-state index contributed by atoms with van der Waals surface area (Å²) in [5.74, 6) is 0.145. The number of hydrogen-bond donors (Lipinski definition) is 1. The highest BCUT2D eigenvalue weighted by Gasteiger charge is 2.39. The Labute approximate surface area is 143 Å². The second-order valence-corrected chi connectivity index (χ2v) is 8.79. The van der Waals surface area contributed by atoms with Crippen LogP contribution in [0.25, 0.3) is 0 Å². The van der Waals surface area contributed by atoms with Gasteiger partial charge in [-0.3, -0.25) is 4.79 Å². The van der Waals surface area contributed by atoms with Gasteiger partial charge in [0.25, 0.3) is 0 Å². The Morgan fingerprint density at radius 2 is 1.79 bits per heavy atom. The molecule has 2 saturated heterocycles. The predicted octanol–water partition coefficient (Wildman–Crippen LogP) is 0.909. The summed E-state index contributed by atoms with van der Waals surface area (Å²) in [7, 11) is -3.47. The average Bonchev–Trinajstić information content (AvgIpc) is 2.62. The van der Waals surface area contributed by atoms with Crippen molar-refractivity contribution in [3.05, 3.63) is 30.3 Å². The van der Waals surface area contributed by atoms with Crippen molar-refractivity contribution in [2.24, 2.45) is 5.41 Å². The van der Waals surface area contributed by atoms with Crippen molar-refractivity contribution in [3.8, 4) is 0 Å². The Bertz CT molecular complexity index is 676. The summed E-state index contributed by atoms with van der Waals surface area (Å²) < 4.78 is 26.8. The molecule has 2 aliphatic heterocycles. The lowest BCUT2D eigenvalue weighted by atomic mass is 9.81. The number of sulfonamides is 1. The normalized spacial score (nSPS) is 26.3. The van der Waals surface area contributed by atoms with Crippen molar-refractivity contribution < 1.29 is 13.2 Å². The van der Waals surface area contributed by atoms with Crippen LogP contribution in [0.4, 0.5) is 0 Å². The fourth-order valence-corrected chi connectivity index (χ4v) is 4.94. The van der Waals surface area contributed by atoms with Crippen LogP contribution in [-0.2, 0) is 14.8 Å². The van der Waals surface area contributed by atoms with Gasteiger partial charge in [0.2, 0.25) is 15.9 Å². The third-order valence-electron chi connectivity index (χ3n) is 5.02. The molecule has 132 valence electrons. The van der Waals surface area contributed by atoms with Crippen LogP contribution in [0, 0.1) is 5.41 Å². The first kappa shape index (κ1) is 17.4. The first-order valence-electron chi connectivity index (χ1n) is 8.49. The Morgan fingerprint density at radius 1 is 1.12 bits per heavy atom. The zero-order valence-electron chi connectivity index (χ0n) is 14.1. The lowest BCUT2D eigenvalue weighted by Crippen LogP contribution is -2.56. The third kappa shape index (κ3) is 3.34. The van der Waals surface area contributed by atoms with E-state index in [1.807, 2.05) is 11.8 Å². The quantitative estimate of drug-likeness (QED) is 0.879. The van der Waals surface area contributed by atoms with Gasteiger partial charge in [0, 0.05) is 32.7 Å². The van der Waals surface area contributed by atoms with Crippen molar-refractivity contribution >= 4 is 15.9 Å². The minimum absolute atomic E-state index is 0.145. The SMILES string of the molecule is CC1(C(=O)N2CCN(S(=O)(=O)c3ccccc3)CC2)CCCNC1. The maximum absolute atomic E-state index is 12.8. The summed E-state index contributed by atoms with van der Waals surface area (Å²) in [6, 6.07) is 8.48. The number of hydrogen-bond acceptors (Lipinski definition) is 4. The average molecular weight is 351 g/mol. The molecule has 3 rings (SSSR count). The molecule has 0 radical (unpaired) electrons. The summed E-state index contributed by atoms with van der Waals surface area (Å²) in [5.41, 5.74) is -0.362. The Morgan fingerprint density at radius 3 is 2.38 bits per heavy atom. The number of carbonyl (C=O) groups excluding carboxylic acids is 1. The van der Waals surface area contributed by atoms with Crippen LogP contribution in [-0.4, -0.2) is 62.8 Å². The summed E-state index contributed by atoms with van der Waals surface area (Å²) in [6.07, 6.45) is 1.89. The summed E-state index contributed by atoms with van der Waals surface area (Å²) >= 11 is 0. The van der Waals surface area contributed by atoms with Crippen molar-refractivity contribution in [3.63, 3.8) is 0 Å². The smallest absolute Gasteiger partial charge is 0.243 e. The van der Waals surface area contributed by atoms with Crippen LogP contribution in [0.5, 0.6) is 0 Å². The molecule has 1 unspecified atom stereocenters. The van der Waals surface area contributed by atoms with Crippen molar-refractivity contribution in [2.75, 3.05) is 39.3 Å². The second kappa shape index (κ2) is 6.82. The van der Waals surface area contributed by atoms with Gasteiger partial charge in [-0.05, 0) is 38.4 Å². The number of amides is 1. The van der Waals surface area contributed by atoms with Gasteiger partial charge in [0.15, 0.2) is 0 Å². The molecule has 2 fully saturated rings. The number of piperidine rings is 1. The maximum Gasteiger partial charge on any atom is 0.243 e. The van der Waals surface area contributed by atoms with E-state index in [1.54, 1.807) is 30.3 Å². The van der Waals surface area contributed by atoms with E-state index in [1.165, 1.54) is 4.31 Å². The molecule has 24 heavy (non-hydrogen) atoms. The molecule has 0 aromatic heterocycles. The number of carbonyl (C=O) groups is 1. The summed E-state index contributed by atoms with van der Waals surface area (Å²) in [6.45, 7) is 5.30. The Kier molecular flexibility index (Phi) is 4.94. The van der Waals surface area contributed by atoms with Gasteiger partial charge in [-0.2, -0.15) is 4.31 Å². The minimum Gasteiger partial charge on any atom is -0.340 e. The minimum atomic E-state index is -3.47. The Balaban J connectivity index is 1.64. The first-order chi connectivity index (χ1) is 11.4. The molecule has 1 atom stereocenters. The fraction of sp³-hybridized carbons (Fsp3) is 0.588. The molecule has 1 amide bonds. The molecule has 1 N–H and O–H groups in total. The van der Waals surface area contributed by atoms with E-state index < -0.39 is 10.0 Å². The van der Waals surface area contributed by atoms with Gasteiger partial charge in [-0.25, -0.2) is 8.42 Å². The highest BCUT2D eigenvalue weighted by Crippen LogP contribution is 2.29. The molecule has 0 saturated carbocycles. The molecule has 6 nitrogen and oxygen atoms in total. The van der Waals surface area contributed by atoms with Gasteiger partial charge < -0.3 is 10.2 Å². The molecule has 0 spiro atoms. The monoisotopic (exact) mass is 351 g/mol. The van der Waals surface area contributed by atoms with Crippen LogP contribution >= 0.6 is 0 Å². The molecular formula is C17H25N3O3S. The zero-order chi connectivity index (χ0) is 17.2. The molecule has 7 heteroatoms. The highest BCUT2D eigenvalue weighted by molar-refractivity contribution is 7.89. The standard InChI is InChI=1S/C17H25N3O3S/c1-17(8-5-9-18-14-17)16(21)19-10-12-20(13-11-19)24(22,23)15-6-3-2-4-7-15/h2-4,6-7,18H,5,8-14H2,1H3. The third-order valence-corrected chi connectivity index (χ3v) is 6.93. The second-order valence-electron chi connectivity index (χ2n) is 6.85. The molecule has 0 aliphatic carbocycles. The highest BCUT2D eigenvalue weighted by atomic mass is 32.2. The van der Waals surface area contributed by atoms with Gasteiger partial charge in [-0.1, -0.05) is 18.2 Å². The molecular weight excluding hydrogens is 326 g/mol.